The second-order valence-electron chi connectivity index (χ2n) is 4.77. The van der Waals surface area contributed by atoms with Gasteiger partial charge in [0.25, 0.3) is 5.91 Å². The van der Waals surface area contributed by atoms with Crippen molar-refractivity contribution in [3.05, 3.63) is 41.6 Å². The minimum Gasteiger partial charge on any atom is -0.450 e. The number of nitrogens with zero attached hydrogens (tertiary/aromatic N) is 1. The van der Waals surface area contributed by atoms with Crippen molar-refractivity contribution in [1.29, 1.82) is 5.26 Å². The fourth-order valence-electron chi connectivity index (χ4n) is 1.60. The van der Waals surface area contributed by atoms with Gasteiger partial charge in [-0.25, -0.2) is 4.79 Å². The molecule has 1 rings (SSSR count). The summed E-state index contributed by atoms with van der Waals surface area (Å²) in [4.78, 5) is 22.8. The van der Waals surface area contributed by atoms with E-state index in [4.69, 9.17) is 5.26 Å². The van der Waals surface area contributed by atoms with Crippen LogP contribution in [0.1, 0.15) is 32.3 Å². The van der Waals surface area contributed by atoms with Crippen LogP contribution >= 0.6 is 0 Å². The second-order valence-corrected chi connectivity index (χ2v) is 4.77. The lowest BCUT2D eigenvalue weighted by Gasteiger charge is -2.07. The van der Waals surface area contributed by atoms with Crippen molar-refractivity contribution in [2.75, 3.05) is 11.9 Å². The van der Waals surface area contributed by atoms with E-state index in [1.165, 1.54) is 11.8 Å². The molecule has 2 N–H and O–H groups in total. The number of anilines is 1. The van der Waals surface area contributed by atoms with E-state index in [9.17, 15) is 9.59 Å². The molecule has 1 aromatic rings. The monoisotopic (exact) mass is 301 g/mol. The number of nitriles is 1. The smallest absolute Gasteiger partial charge is 0.414 e. The average Bonchev–Trinajstić information content (AvgIpc) is 2.48. The van der Waals surface area contributed by atoms with E-state index in [1.54, 1.807) is 13.0 Å². The van der Waals surface area contributed by atoms with E-state index >= 15 is 0 Å². The first-order chi connectivity index (χ1) is 10.5. The Labute approximate surface area is 129 Å². The molecule has 0 aliphatic carbocycles. The molecule has 0 unspecified atom stereocenters. The first-order valence-electron chi connectivity index (χ1n) is 6.92. The molecule has 0 radical (unpaired) electrons. The van der Waals surface area contributed by atoms with Gasteiger partial charge in [-0.3, -0.25) is 10.1 Å². The van der Waals surface area contributed by atoms with E-state index in [1.807, 2.05) is 29.6 Å². The Morgan fingerprint density at radius 3 is 2.45 bits per heavy atom. The summed E-state index contributed by atoms with van der Waals surface area (Å²) in [5.74, 6) is -0.387. The number of nitrogens with one attached hydrogen (secondary N) is 2. The molecule has 0 spiro atoms. The third kappa shape index (κ3) is 5.29. The molecule has 2 amide bonds. The summed E-state index contributed by atoms with van der Waals surface area (Å²) in [5, 5.41) is 13.8. The minimum absolute atomic E-state index is 0.144. The van der Waals surface area contributed by atoms with Crippen LogP contribution in [0.5, 0.6) is 0 Å². The Bertz CT molecular complexity index is 598. The first-order valence-corrected chi connectivity index (χ1v) is 6.92. The molecule has 0 aliphatic rings. The van der Waals surface area contributed by atoms with Gasteiger partial charge in [-0.1, -0.05) is 26.0 Å². The zero-order valence-electron chi connectivity index (χ0n) is 12.8. The number of alkyl carbamates (subject to hydrolysis) is 1. The fourth-order valence-corrected chi connectivity index (χ4v) is 1.60. The zero-order valence-corrected chi connectivity index (χ0v) is 12.8. The van der Waals surface area contributed by atoms with Crippen LogP contribution in [0.3, 0.4) is 0 Å². The van der Waals surface area contributed by atoms with E-state index < -0.39 is 12.0 Å². The van der Waals surface area contributed by atoms with Gasteiger partial charge >= 0.3 is 6.09 Å². The Hall–Kier alpha value is -2.81. The van der Waals surface area contributed by atoms with Gasteiger partial charge in [-0.2, -0.15) is 5.26 Å². The van der Waals surface area contributed by atoms with Gasteiger partial charge in [-0.15, -0.1) is 0 Å². The Morgan fingerprint density at radius 1 is 1.32 bits per heavy atom. The standard InChI is InChI=1S/C16H19N3O3/c1-4-22-16(21)19-15(20)13(9-17)10-18-14-7-5-12(6-8-14)11(2)3/h5-8,10-11,18H,4H2,1-3H3,(H,19,20,21)/b13-10-. The lowest BCUT2D eigenvalue weighted by atomic mass is 10.0. The molecular formula is C16H19N3O3. The van der Waals surface area contributed by atoms with Crippen molar-refractivity contribution in [3.63, 3.8) is 0 Å². The van der Waals surface area contributed by atoms with Gasteiger partial charge < -0.3 is 10.1 Å². The summed E-state index contributed by atoms with van der Waals surface area (Å²) in [7, 11) is 0. The predicted octanol–water partition coefficient (Wildman–Crippen LogP) is 2.90. The summed E-state index contributed by atoms with van der Waals surface area (Å²) < 4.78 is 4.58. The van der Waals surface area contributed by atoms with Crippen molar-refractivity contribution in [2.24, 2.45) is 0 Å². The van der Waals surface area contributed by atoms with Crippen LogP contribution in [0, 0.1) is 11.3 Å². The van der Waals surface area contributed by atoms with Crippen LogP contribution in [0.25, 0.3) is 0 Å². The Morgan fingerprint density at radius 2 is 1.95 bits per heavy atom. The third-order valence-corrected chi connectivity index (χ3v) is 2.82. The molecule has 0 bridgehead atoms. The van der Waals surface area contributed by atoms with Gasteiger partial charge in [0.15, 0.2) is 0 Å². The number of rotatable bonds is 5. The molecular weight excluding hydrogens is 282 g/mol. The topological polar surface area (TPSA) is 91.2 Å². The molecule has 0 aliphatic heterocycles. The van der Waals surface area contributed by atoms with Gasteiger partial charge in [0.05, 0.1) is 6.61 Å². The van der Waals surface area contributed by atoms with Gasteiger partial charge in [0.1, 0.15) is 11.6 Å². The molecule has 0 aromatic heterocycles. The zero-order chi connectivity index (χ0) is 16.5. The highest BCUT2D eigenvalue weighted by molar-refractivity contribution is 6.05. The van der Waals surface area contributed by atoms with Crippen molar-refractivity contribution in [1.82, 2.24) is 5.32 Å². The predicted molar refractivity (Wildman–Crippen MR) is 83.0 cm³/mol. The highest BCUT2D eigenvalue weighted by atomic mass is 16.5. The van der Waals surface area contributed by atoms with Gasteiger partial charge in [0, 0.05) is 11.9 Å². The Balaban J connectivity index is 2.71. The summed E-state index contributed by atoms with van der Waals surface area (Å²) in [5.41, 5.74) is 1.71. The van der Waals surface area contributed by atoms with Crippen molar-refractivity contribution < 1.29 is 14.3 Å². The number of carbonyl (C=O) groups excluding carboxylic acids is 2. The number of hydrogen-bond acceptors (Lipinski definition) is 5. The lowest BCUT2D eigenvalue weighted by Crippen LogP contribution is -2.32. The maximum atomic E-state index is 11.7. The second kappa shape index (κ2) is 8.47. The molecule has 0 heterocycles. The molecule has 22 heavy (non-hydrogen) atoms. The molecule has 0 atom stereocenters. The number of benzene rings is 1. The summed E-state index contributed by atoms with van der Waals surface area (Å²) in [6, 6.07) is 9.36. The van der Waals surface area contributed by atoms with Crippen molar-refractivity contribution in [2.45, 2.75) is 26.7 Å². The van der Waals surface area contributed by atoms with E-state index in [0.717, 1.165) is 5.69 Å². The maximum absolute atomic E-state index is 11.7. The van der Waals surface area contributed by atoms with Crippen molar-refractivity contribution in [3.8, 4) is 6.07 Å². The number of amides is 2. The SMILES string of the molecule is CCOC(=O)NC(=O)/C(C#N)=C\Nc1ccc(C(C)C)cc1. The molecule has 0 saturated heterocycles. The van der Waals surface area contributed by atoms with Crippen LogP contribution in [0.15, 0.2) is 36.0 Å². The number of carbonyl (C=O) groups is 2. The quantitative estimate of drug-likeness (QED) is 0.644. The summed E-state index contributed by atoms with van der Waals surface area (Å²) in [6.45, 7) is 5.95. The maximum Gasteiger partial charge on any atom is 0.414 e. The highest BCUT2D eigenvalue weighted by Gasteiger charge is 2.13. The summed E-state index contributed by atoms with van der Waals surface area (Å²) >= 11 is 0. The lowest BCUT2D eigenvalue weighted by molar-refractivity contribution is -0.116. The third-order valence-electron chi connectivity index (χ3n) is 2.82. The van der Waals surface area contributed by atoms with Crippen molar-refractivity contribution >= 4 is 17.7 Å². The van der Waals surface area contributed by atoms with Crippen LogP contribution in [-0.2, 0) is 9.53 Å². The molecule has 0 saturated carbocycles. The van der Waals surface area contributed by atoms with E-state index in [-0.39, 0.29) is 12.2 Å². The largest absolute Gasteiger partial charge is 0.450 e. The molecule has 6 nitrogen and oxygen atoms in total. The fraction of sp³-hybridized carbons (Fsp3) is 0.312. The van der Waals surface area contributed by atoms with Crippen LogP contribution in [0.2, 0.25) is 0 Å². The highest BCUT2D eigenvalue weighted by Crippen LogP contribution is 2.17. The normalized spacial score (nSPS) is 10.8. The number of hydrogen-bond donors (Lipinski definition) is 2. The van der Waals surface area contributed by atoms with Crippen LogP contribution in [0.4, 0.5) is 10.5 Å². The Kier molecular flexibility index (Phi) is 6.64. The summed E-state index contributed by atoms with van der Waals surface area (Å²) in [6.07, 6.45) is 0.369. The molecule has 6 heteroatoms. The van der Waals surface area contributed by atoms with E-state index in [2.05, 4.69) is 23.9 Å². The van der Waals surface area contributed by atoms with Crippen LogP contribution < -0.4 is 10.6 Å². The van der Waals surface area contributed by atoms with E-state index in [0.29, 0.717) is 5.92 Å². The first kappa shape index (κ1) is 17.2. The number of ether oxygens (including phenoxy) is 1. The van der Waals surface area contributed by atoms with Gasteiger partial charge in [-0.05, 0) is 30.5 Å². The molecule has 116 valence electrons. The van der Waals surface area contributed by atoms with Crippen LogP contribution in [-0.4, -0.2) is 18.6 Å². The average molecular weight is 301 g/mol. The molecule has 1 aromatic carbocycles. The minimum atomic E-state index is -0.880. The van der Waals surface area contributed by atoms with Gasteiger partial charge in [0.2, 0.25) is 0 Å². The number of imide groups is 1. The molecule has 0 fully saturated rings.